The van der Waals surface area contributed by atoms with E-state index in [0.29, 0.717) is 25.3 Å². The van der Waals surface area contributed by atoms with Crippen LogP contribution in [-0.4, -0.2) is 74.8 Å². The number of halogens is 1. The molecule has 178 valence electrons. The van der Waals surface area contributed by atoms with Crippen LogP contribution >= 0.6 is 24.0 Å². The highest BCUT2D eigenvalue weighted by Gasteiger charge is 2.25. The molecule has 1 aromatic heterocycles. The third-order valence-electron chi connectivity index (χ3n) is 5.24. The van der Waals surface area contributed by atoms with E-state index < -0.39 is 0 Å². The number of hydrogen-bond acceptors (Lipinski definition) is 6. The number of aliphatic imine (C=N–C) groups is 1. The summed E-state index contributed by atoms with van der Waals surface area (Å²) in [6, 6.07) is 3.74. The number of nitrogens with zero attached hydrogens (tertiary/aromatic N) is 4. The van der Waals surface area contributed by atoms with E-state index >= 15 is 0 Å². The van der Waals surface area contributed by atoms with E-state index in [-0.39, 0.29) is 30.1 Å². The van der Waals surface area contributed by atoms with Crippen LogP contribution in [0.25, 0.3) is 0 Å². The summed E-state index contributed by atoms with van der Waals surface area (Å²) >= 11 is 0. The summed E-state index contributed by atoms with van der Waals surface area (Å²) in [6.07, 6.45) is 4.52. The Kier molecular flexibility index (Phi) is 10.4. The van der Waals surface area contributed by atoms with Crippen molar-refractivity contribution in [2.24, 2.45) is 12.0 Å². The number of guanidine groups is 1. The van der Waals surface area contributed by atoms with Crippen molar-refractivity contribution >= 4 is 29.9 Å². The van der Waals surface area contributed by atoms with Gasteiger partial charge < -0.3 is 29.2 Å². The highest BCUT2D eigenvalue weighted by atomic mass is 127. The third-order valence-corrected chi connectivity index (χ3v) is 5.24. The number of hydrogen-bond donors (Lipinski definition) is 1. The summed E-state index contributed by atoms with van der Waals surface area (Å²) in [5.41, 5.74) is 2.05. The van der Waals surface area contributed by atoms with E-state index in [1.54, 1.807) is 26.0 Å². The van der Waals surface area contributed by atoms with Crippen molar-refractivity contribution in [1.29, 1.82) is 0 Å². The van der Waals surface area contributed by atoms with Crippen LogP contribution in [-0.2, 0) is 18.2 Å². The van der Waals surface area contributed by atoms with Gasteiger partial charge in [0.15, 0.2) is 5.96 Å². The van der Waals surface area contributed by atoms with Crippen LogP contribution in [0.4, 0.5) is 0 Å². The van der Waals surface area contributed by atoms with Crippen LogP contribution in [0.1, 0.15) is 24.2 Å². The Morgan fingerprint density at radius 1 is 1.22 bits per heavy atom. The minimum Gasteiger partial charge on any atom is -0.496 e. The fourth-order valence-electron chi connectivity index (χ4n) is 3.67. The third kappa shape index (κ3) is 6.41. The fraction of sp³-hybridized carbons (Fsp3) is 0.545. The summed E-state index contributed by atoms with van der Waals surface area (Å²) < 4.78 is 24.2. The van der Waals surface area contributed by atoms with Gasteiger partial charge in [-0.3, -0.25) is 9.67 Å². The summed E-state index contributed by atoms with van der Waals surface area (Å²) in [4.78, 5) is 7.12. The van der Waals surface area contributed by atoms with E-state index in [1.165, 1.54) is 0 Å². The Hall–Kier alpha value is -2.21. The van der Waals surface area contributed by atoms with Crippen molar-refractivity contribution in [2.75, 3.05) is 54.1 Å². The molecule has 2 aromatic rings. The summed E-state index contributed by atoms with van der Waals surface area (Å²) in [5, 5.41) is 7.67. The molecular weight excluding hydrogens is 525 g/mol. The van der Waals surface area contributed by atoms with Crippen molar-refractivity contribution in [1.82, 2.24) is 20.0 Å². The standard InChI is InChI=1S/C22H33N5O4.HI/c1-6-23-22(27-9-10-31-21(15-27)16-13-25-26(2)14-16)24-8-7-18-19(29-4)11-17(28-3)12-20(18)30-5;/h11-14,21H,6-10,15H2,1-5H3,(H,23,24);1H. The van der Waals surface area contributed by atoms with Crippen LogP contribution in [0.3, 0.4) is 0 Å². The number of aryl methyl sites for hydroxylation is 1. The maximum absolute atomic E-state index is 5.97. The van der Waals surface area contributed by atoms with E-state index in [4.69, 9.17) is 23.9 Å². The second-order valence-corrected chi connectivity index (χ2v) is 7.25. The lowest BCUT2D eigenvalue weighted by Crippen LogP contribution is -2.48. The van der Waals surface area contributed by atoms with Gasteiger partial charge in [-0.2, -0.15) is 5.10 Å². The molecule has 1 aromatic carbocycles. The van der Waals surface area contributed by atoms with Gasteiger partial charge in [-0.1, -0.05) is 0 Å². The molecule has 0 radical (unpaired) electrons. The molecule has 1 aliphatic heterocycles. The first kappa shape index (κ1) is 26.0. The largest absolute Gasteiger partial charge is 0.496 e. The van der Waals surface area contributed by atoms with Gasteiger partial charge in [0.2, 0.25) is 0 Å². The second-order valence-electron chi connectivity index (χ2n) is 7.25. The quantitative estimate of drug-likeness (QED) is 0.303. The molecule has 9 nitrogen and oxygen atoms in total. The number of ether oxygens (including phenoxy) is 4. The molecule has 1 atom stereocenters. The molecule has 1 aliphatic rings. The summed E-state index contributed by atoms with van der Waals surface area (Å²) in [7, 11) is 6.84. The molecule has 3 rings (SSSR count). The molecule has 10 heteroatoms. The Labute approximate surface area is 207 Å². The van der Waals surface area contributed by atoms with Gasteiger partial charge in [-0.15, -0.1) is 24.0 Å². The fourth-order valence-corrected chi connectivity index (χ4v) is 3.67. The highest BCUT2D eigenvalue weighted by molar-refractivity contribution is 14.0. The molecule has 0 spiro atoms. The number of morpholine rings is 1. The van der Waals surface area contributed by atoms with Crippen molar-refractivity contribution in [2.45, 2.75) is 19.4 Å². The lowest BCUT2D eigenvalue weighted by atomic mass is 10.1. The Morgan fingerprint density at radius 2 is 1.94 bits per heavy atom. The molecule has 1 unspecified atom stereocenters. The predicted molar refractivity (Wildman–Crippen MR) is 135 cm³/mol. The molecule has 32 heavy (non-hydrogen) atoms. The topological polar surface area (TPSA) is 82.4 Å². The van der Waals surface area contributed by atoms with Crippen molar-refractivity contribution < 1.29 is 18.9 Å². The zero-order valence-corrected chi connectivity index (χ0v) is 21.8. The molecular formula is C22H34IN5O4. The Morgan fingerprint density at radius 3 is 2.50 bits per heavy atom. The van der Waals surface area contributed by atoms with Crippen molar-refractivity contribution in [3.05, 3.63) is 35.7 Å². The lowest BCUT2D eigenvalue weighted by molar-refractivity contribution is -0.00803. The monoisotopic (exact) mass is 559 g/mol. The molecule has 0 amide bonds. The molecule has 0 aliphatic carbocycles. The molecule has 1 fully saturated rings. The van der Waals surface area contributed by atoms with Gasteiger partial charge in [0.25, 0.3) is 0 Å². The average molecular weight is 559 g/mol. The number of aromatic nitrogens is 2. The normalized spacial score (nSPS) is 16.3. The number of benzene rings is 1. The van der Waals surface area contributed by atoms with Crippen LogP contribution in [0.2, 0.25) is 0 Å². The average Bonchev–Trinajstić information content (AvgIpc) is 3.24. The van der Waals surface area contributed by atoms with Crippen LogP contribution < -0.4 is 19.5 Å². The van der Waals surface area contributed by atoms with E-state index in [2.05, 4.69) is 22.2 Å². The van der Waals surface area contributed by atoms with Gasteiger partial charge >= 0.3 is 0 Å². The van der Waals surface area contributed by atoms with Gasteiger partial charge in [0.1, 0.15) is 23.4 Å². The van der Waals surface area contributed by atoms with Gasteiger partial charge in [0, 0.05) is 56.1 Å². The number of methoxy groups -OCH3 is 3. The second kappa shape index (κ2) is 12.7. The van der Waals surface area contributed by atoms with Gasteiger partial charge in [-0.05, 0) is 13.3 Å². The maximum atomic E-state index is 5.97. The first-order valence-electron chi connectivity index (χ1n) is 10.5. The van der Waals surface area contributed by atoms with Crippen LogP contribution in [0, 0.1) is 0 Å². The lowest BCUT2D eigenvalue weighted by Gasteiger charge is -2.34. The Balaban J connectivity index is 0.00000363. The number of rotatable bonds is 8. The zero-order valence-electron chi connectivity index (χ0n) is 19.5. The summed E-state index contributed by atoms with van der Waals surface area (Å²) in [6.45, 7) is 5.62. The maximum Gasteiger partial charge on any atom is 0.194 e. The van der Waals surface area contributed by atoms with Crippen LogP contribution in [0.15, 0.2) is 29.5 Å². The SMILES string of the molecule is CCNC(=NCCc1c(OC)cc(OC)cc1OC)N1CCOC(c2cnn(C)c2)C1.I. The Bertz CT molecular complexity index is 864. The highest BCUT2D eigenvalue weighted by Crippen LogP contribution is 2.34. The number of nitrogens with one attached hydrogen (secondary N) is 1. The predicted octanol–water partition coefficient (Wildman–Crippen LogP) is 2.65. The van der Waals surface area contributed by atoms with Crippen molar-refractivity contribution in [3.63, 3.8) is 0 Å². The molecule has 0 saturated carbocycles. The minimum atomic E-state index is -0.0203. The molecule has 1 N–H and O–H groups in total. The molecule has 2 heterocycles. The smallest absolute Gasteiger partial charge is 0.194 e. The summed E-state index contributed by atoms with van der Waals surface area (Å²) in [5.74, 6) is 3.05. The van der Waals surface area contributed by atoms with Crippen LogP contribution in [0.5, 0.6) is 17.2 Å². The van der Waals surface area contributed by atoms with Gasteiger partial charge in [-0.25, -0.2) is 0 Å². The first-order chi connectivity index (χ1) is 15.1. The van der Waals surface area contributed by atoms with E-state index in [1.807, 2.05) is 31.6 Å². The molecule has 1 saturated heterocycles. The van der Waals surface area contributed by atoms with Gasteiger partial charge in [0.05, 0.1) is 40.7 Å². The van der Waals surface area contributed by atoms with Crippen molar-refractivity contribution in [3.8, 4) is 17.2 Å². The molecule has 0 bridgehead atoms. The first-order valence-corrected chi connectivity index (χ1v) is 10.5. The van der Waals surface area contributed by atoms with E-state index in [9.17, 15) is 0 Å². The van der Waals surface area contributed by atoms with E-state index in [0.717, 1.165) is 48.2 Å². The minimum absolute atomic E-state index is 0. The zero-order chi connectivity index (χ0) is 22.2.